The average Bonchev–Trinajstić information content (AvgIpc) is 2.15. The van der Waals surface area contributed by atoms with Gasteiger partial charge in [0.25, 0.3) is 0 Å². The first-order valence-corrected chi connectivity index (χ1v) is 4.33. The van der Waals surface area contributed by atoms with Crippen LogP contribution in [-0.2, 0) is 11.0 Å². The summed E-state index contributed by atoms with van der Waals surface area (Å²) >= 11 is 0. The monoisotopic (exact) mass is 236 g/mol. The van der Waals surface area contributed by atoms with Gasteiger partial charge in [0.2, 0.25) is 0 Å². The fourth-order valence-corrected chi connectivity index (χ4v) is 1.18. The SMILES string of the molecule is CC(C(=O)O)c1cc(C(F)(F)F)ccc1F. The quantitative estimate of drug-likeness (QED) is 0.801. The van der Waals surface area contributed by atoms with E-state index in [4.69, 9.17) is 5.11 Å². The summed E-state index contributed by atoms with van der Waals surface area (Å²) in [6.07, 6.45) is -4.61. The van der Waals surface area contributed by atoms with Gasteiger partial charge < -0.3 is 5.11 Å². The van der Waals surface area contributed by atoms with Crippen LogP contribution in [0.2, 0.25) is 0 Å². The van der Waals surface area contributed by atoms with Gasteiger partial charge in [-0.3, -0.25) is 4.79 Å². The molecule has 0 aromatic heterocycles. The van der Waals surface area contributed by atoms with Crippen molar-refractivity contribution in [2.45, 2.75) is 19.0 Å². The molecule has 16 heavy (non-hydrogen) atoms. The molecule has 0 radical (unpaired) electrons. The van der Waals surface area contributed by atoms with E-state index >= 15 is 0 Å². The predicted octanol–water partition coefficient (Wildman–Crippen LogP) is 3.03. The van der Waals surface area contributed by atoms with Crippen LogP contribution in [-0.4, -0.2) is 11.1 Å². The van der Waals surface area contributed by atoms with Gasteiger partial charge in [0.1, 0.15) is 5.82 Å². The Kier molecular flexibility index (Phi) is 3.21. The zero-order valence-electron chi connectivity index (χ0n) is 8.18. The number of hydrogen-bond donors (Lipinski definition) is 1. The standard InChI is InChI=1S/C10H8F4O2/c1-5(9(15)16)7-4-6(10(12,13)14)2-3-8(7)11/h2-5H,1H3,(H,15,16). The van der Waals surface area contributed by atoms with Crippen LogP contribution in [0.5, 0.6) is 0 Å². The lowest BCUT2D eigenvalue weighted by molar-refractivity contribution is -0.140. The molecule has 1 aromatic carbocycles. The third kappa shape index (κ3) is 2.50. The summed E-state index contributed by atoms with van der Waals surface area (Å²) < 4.78 is 50.0. The molecular weight excluding hydrogens is 228 g/mol. The molecule has 0 fully saturated rings. The van der Waals surface area contributed by atoms with E-state index in [9.17, 15) is 22.4 Å². The predicted molar refractivity (Wildman–Crippen MR) is 47.5 cm³/mol. The van der Waals surface area contributed by atoms with Crippen LogP contribution in [0.1, 0.15) is 24.0 Å². The molecule has 1 unspecified atom stereocenters. The van der Waals surface area contributed by atoms with Crippen LogP contribution in [0.3, 0.4) is 0 Å². The summed E-state index contributed by atoms with van der Waals surface area (Å²) in [5.74, 6) is -3.65. The number of carboxylic acid groups (broad SMARTS) is 1. The van der Waals surface area contributed by atoms with E-state index in [1.165, 1.54) is 0 Å². The maximum Gasteiger partial charge on any atom is 0.416 e. The molecule has 0 saturated heterocycles. The molecule has 2 nitrogen and oxygen atoms in total. The van der Waals surface area contributed by atoms with E-state index in [0.29, 0.717) is 18.2 Å². The second-order valence-electron chi connectivity index (χ2n) is 3.29. The first kappa shape index (κ1) is 12.5. The molecule has 1 N–H and O–H groups in total. The average molecular weight is 236 g/mol. The van der Waals surface area contributed by atoms with Crippen molar-refractivity contribution in [2.75, 3.05) is 0 Å². The van der Waals surface area contributed by atoms with Crippen molar-refractivity contribution in [2.24, 2.45) is 0 Å². The molecule has 0 heterocycles. The van der Waals surface area contributed by atoms with Gasteiger partial charge in [0.05, 0.1) is 11.5 Å². The molecule has 0 aliphatic carbocycles. The summed E-state index contributed by atoms with van der Waals surface area (Å²) in [5, 5.41) is 8.61. The van der Waals surface area contributed by atoms with Gasteiger partial charge in [-0.2, -0.15) is 13.2 Å². The zero-order chi connectivity index (χ0) is 12.5. The minimum absolute atomic E-state index is 0.470. The molecule has 6 heteroatoms. The topological polar surface area (TPSA) is 37.3 Å². The summed E-state index contributed by atoms with van der Waals surface area (Å²) in [6, 6.07) is 1.72. The second-order valence-corrected chi connectivity index (χ2v) is 3.29. The summed E-state index contributed by atoms with van der Waals surface area (Å²) in [4.78, 5) is 10.6. The number of alkyl halides is 3. The van der Waals surface area contributed by atoms with Crippen molar-refractivity contribution in [1.29, 1.82) is 0 Å². The Bertz CT molecular complexity index is 412. The van der Waals surface area contributed by atoms with Crippen LogP contribution >= 0.6 is 0 Å². The van der Waals surface area contributed by atoms with E-state index < -0.39 is 35.0 Å². The van der Waals surface area contributed by atoms with Gasteiger partial charge in [0.15, 0.2) is 0 Å². The molecule has 0 bridgehead atoms. The highest BCUT2D eigenvalue weighted by Crippen LogP contribution is 2.32. The van der Waals surface area contributed by atoms with Gasteiger partial charge in [-0.25, -0.2) is 4.39 Å². The van der Waals surface area contributed by atoms with Gasteiger partial charge >= 0.3 is 12.1 Å². The smallest absolute Gasteiger partial charge is 0.416 e. The normalized spacial score (nSPS) is 13.6. The van der Waals surface area contributed by atoms with Crippen molar-refractivity contribution < 1.29 is 27.5 Å². The Morgan fingerprint density at radius 1 is 1.38 bits per heavy atom. The lowest BCUT2D eigenvalue weighted by Gasteiger charge is -2.12. The number of rotatable bonds is 2. The van der Waals surface area contributed by atoms with E-state index in [0.717, 1.165) is 6.92 Å². The van der Waals surface area contributed by atoms with Crippen molar-refractivity contribution in [3.63, 3.8) is 0 Å². The van der Waals surface area contributed by atoms with Crippen molar-refractivity contribution in [1.82, 2.24) is 0 Å². The van der Waals surface area contributed by atoms with Gasteiger partial charge in [0, 0.05) is 5.56 Å². The minimum Gasteiger partial charge on any atom is -0.481 e. The lowest BCUT2D eigenvalue weighted by atomic mass is 9.98. The Morgan fingerprint density at radius 3 is 2.38 bits per heavy atom. The molecule has 0 aliphatic heterocycles. The van der Waals surface area contributed by atoms with Crippen molar-refractivity contribution >= 4 is 5.97 Å². The molecule has 0 amide bonds. The highest BCUT2D eigenvalue weighted by molar-refractivity contribution is 5.75. The number of hydrogen-bond acceptors (Lipinski definition) is 1. The highest BCUT2D eigenvalue weighted by Gasteiger charge is 2.32. The van der Waals surface area contributed by atoms with E-state index in [2.05, 4.69) is 0 Å². The number of carbonyl (C=O) groups is 1. The molecule has 0 aliphatic rings. The zero-order valence-corrected chi connectivity index (χ0v) is 8.18. The van der Waals surface area contributed by atoms with Crippen molar-refractivity contribution in [3.05, 3.63) is 35.1 Å². The van der Waals surface area contributed by atoms with Crippen LogP contribution < -0.4 is 0 Å². The van der Waals surface area contributed by atoms with Gasteiger partial charge in [-0.15, -0.1) is 0 Å². The maximum atomic E-state index is 13.1. The summed E-state index contributed by atoms with van der Waals surface area (Å²) in [6.45, 7) is 1.13. The summed E-state index contributed by atoms with van der Waals surface area (Å²) in [5.41, 5.74) is -1.53. The third-order valence-corrected chi connectivity index (χ3v) is 2.16. The first-order valence-electron chi connectivity index (χ1n) is 4.33. The molecule has 0 spiro atoms. The van der Waals surface area contributed by atoms with E-state index in [1.54, 1.807) is 0 Å². The maximum absolute atomic E-state index is 13.1. The van der Waals surface area contributed by atoms with Crippen LogP contribution in [0, 0.1) is 5.82 Å². The number of halogens is 4. The molecule has 88 valence electrons. The Labute approximate surface area is 88.5 Å². The number of carboxylic acids is 1. The van der Waals surface area contributed by atoms with Gasteiger partial charge in [-0.05, 0) is 25.1 Å². The molecular formula is C10H8F4O2. The minimum atomic E-state index is -4.61. The third-order valence-electron chi connectivity index (χ3n) is 2.16. The van der Waals surface area contributed by atoms with Gasteiger partial charge in [-0.1, -0.05) is 0 Å². The first-order chi connectivity index (χ1) is 7.23. The number of benzene rings is 1. The largest absolute Gasteiger partial charge is 0.481 e. The van der Waals surface area contributed by atoms with E-state index in [-0.39, 0.29) is 0 Å². The highest BCUT2D eigenvalue weighted by atomic mass is 19.4. The molecule has 1 aromatic rings. The molecule has 0 saturated carbocycles. The van der Waals surface area contributed by atoms with E-state index in [1.807, 2.05) is 0 Å². The summed E-state index contributed by atoms with van der Waals surface area (Å²) in [7, 11) is 0. The second kappa shape index (κ2) is 4.11. The van der Waals surface area contributed by atoms with Crippen LogP contribution in [0.25, 0.3) is 0 Å². The number of aliphatic carboxylic acids is 1. The Hall–Kier alpha value is -1.59. The van der Waals surface area contributed by atoms with Crippen LogP contribution in [0.15, 0.2) is 18.2 Å². The Morgan fingerprint density at radius 2 is 1.94 bits per heavy atom. The molecule has 1 atom stereocenters. The lowest BCUT2D eigenvalue weighted by Crippen LogP contribution is -2.12. The van der Waals surface area contributed by atoms with Crippen LogP contribution in [0.4, 0.5) is 17.6 Å². The van der Waals surface area contributed by atoms with Crippen molar-refractivity contribution in [3.8, 4) is 0 Å². The fraction of sp³-hybridized carbons (Fsp3) is 0.300. The molecule has 1 rings (SSSR count). The Balaban J connectivity index is 3.24. The fourth-order valence-electron chi connectivity index (χ4n) is 1.18.